The first kappa shape index (κ1) is 29.2. The molecule has 1 N–H and O–H groups in total. The van der Waals surface area contributed by atoms with Crippen LogP contribution in [0.1, 0.15) is 38.3 Å². The Morgan fingerprint density at radius 2 is 1.53 bits per heavy atom. The smallest absolute Gasteiger partial charge is 0.264 e. The molecule has 0 aromatic heterocycles. The molecule has 0 saturated carbocycles. The molecule has 0 aliphatic heterocycles. The number of carbonyl (C=O) groups excluding carboxylic acids is 2. The Bertz CT molecular complexity index is 1370. The minimum absolute atomic E-state index is 0.0285. The first-order valence-corrected chi connectivity index (χ1v) is 14.3. The van der Waals surface area contributed by atoms with Crippen molar-refractivity contribution in [1.82, 2.24) is 10.2 Å². The molecule has 0 fully saturated rings. The fourth-order valence-corrected chi connectivity index (χ4v) is 5.65. The van der Waals surface area contributed by atoms with Crippen molar-refractivity contribution in [3.05, 3.63) is 95.0 Å². The van der Waals surface area contributed by atoms with E-state index in [1.165, 1.54) is 17.0 Å². The van der Waals surface area contributed by atoms with Crippen molar-refractivity contribution in [2.24, 2.45) is 0 Å². The van der Waals surface area contributed by atoms with Crippen LogP contribution in [-0.4, -0.2) is 43.8 Å². The van der Waals surface area contributed by atoms with E-state index in [1.807, 2.05) is 45.0 Å². The normalized spacial score (nSPS) is 12.9. The van der Waals surface area contributed by atoms with E-state index in [0.29, 0.717) is 0 Å². The number of carbonyl (C=O) groups is 2. The minimum Gasteiger partial charge on any atom is -0.352 e. The monoisotopic (exact) mass is 555 g/mol. The molecule has 2 amide bonds. The fraction of sp³-hybridized carbons (Fsp3) is 0.310. The van der Waals surface area contributed by atoms with Gasteiger partial charge in [0.25, 0.3) is 10.0 Å². The highest BCUT2D eigenvalue weighted by Gasteiger charge is 2.33. The van der Waals surface area contributed by atoms with Crippen LogP contribution >= 0.6 is 11.6 Å². The van der Waals surface area contributed by atoms with Crippen LogP contribution in [0.25, 0.3) is 0 Å². The number of sulfonamides is 1. The van der Waals surface area contributed by atoms with Crippen molar-refractivity contribution in [2.75, 3.05) is 10.8 Å². The van der Waals surface area contributed by atoms with Gasteiger partial charge < -0.3 is 10.2 Å². The number of aryl methyl sites for hydroxylation is 1. The van der Waals surface area contributed by atoms with Gasteiger partial charge in [-0.1, -0.05) is 73.1 Å². The van der Waals surface area contributed by atoms with Gasteiger partial charge >= 0.3 is 0 Å². The molecule has 3 aromatic rings. The third-order valence-electron chi connectivity index (χ3n) is 6.50. The molecule has 3 aromatic carbocycles. The molecule has 202 valence electrons. The Morgan fingerprint density at radius 1 is 0.921 bits per heavy atom. The Kier molecular flexibility index (Phi) is 9.94. The zero-order valence-electron chi connectivity index (χ0n) is 22.1. The number of nitrogens with one attached hydrogen (secondary N) is 1. The van der Waals surface area contributed by atoms with Gasteiger partial charge in [0.05, 0.1) is 15.6 Å². The van der Waals surface area contributed by atoms with Gasteiger partial charge in [0.1, 0.15) is 12.6 Å². The van der Waals surface area contributed by atoms with Crippen LogP contribution in [0.15, 0.2) is 83.8 Å². The molecule has 0 radical (unpaired) electrons. The third kappa shape index (κ3) is 6.94. The molecule has 0 unspecified atom stereocenters. The minimum atomic E-state index is -4.15. The average Bonchev–Trinajstić information content (AvgIpc) is 2.91. The predicted molar refractivity (Wildman–Crippen MR) is 152 cm³/mol. The zero-order chi connectivity index (χ0) is 27.9. The van der Waals surface area contributed by atoms with E-state index in [4.69, 9.17) is 11.6 Å². The second-order valence-corrected chi connectivity index (χ2v) is 11.5. The highest BCUT2D eigenvalue weighted by atomic mass is 35.5. The Balaban J connectivity index is 2.04. The maximum absolute atomic E-state index is 13.9. The summed E-state index contributed by atoms with van der Waals surface area (Å²) < 4.78 is 28.5. The van der Waals surface area contributed by atoms with Crippen molar-refractivity contribution in [2.45, 2.75) is 57.6 Å². The van der Waals surface area contributed by atoms with E-state index in [2.05, 4.69) is 5.32 Å². The van der Waals surface area contributed by atoms with Gasteiger partial charge in [0.15, 0.2) is 0 Å². The number of halogens is 1. The van der Waals surface area contributed by atoms with Crippen molar-refractivity contribution in [3.8, 4) is 0 Å². The molecule has 0 spiro atoms. The van der Waals surface area contributed by atoms with Crippen molar-refractivity contribution < 1.29 is 18.0 Å². The lowest BCUT2D eigenvalue weighted by atomic mass is 10.1. The predicted octanol–water partition coefficient (Wildman–Crippen LogP) is 5.18. The number of rotatable bonds is 11. The van der Waals surface area contributed by atoms with E-state index >= 15 is 0 Å². The number of hydrogen-bond acceptors (Lipinski definition) is 4. The summed E-state index contributed by atoms with van der Waals surface area (Å²) in [5.74, 6) is -0.837. The Morgan fingerprint density at radius 3 is 2.16 bits per heavy atom. The average molecular weight is 556 g/mol. The maximum atomic E-state index is 13.9. The van der Waals surface area contributed by atoms with E-state index in [0.717, 1.165) is 21.9 Å². The summed E-state index contributed by atoms with van der Waals surface area (Å²) in [5.41, 5.74) is 2.00. The second-order valence-electron chi connectivity index (χ2n) is 9.22. The van der Waals surface area contributed by atoms with E-state index in [1.54, 1.807) is 49.4 Å². The summed E-state index contributed by atoms with van der Waals surface area (Å²) in [6, 6.07) is 21.0. The standard InChI is InChI=1S/C29H34ClN3O4S/c1-5-22(3)31-29(35)23(4)32(19-24-14-10-9-13-21(24)2)28(34)20-33(27-18-12-11-17-26(27)30)38(36,37)25-15-7-6-8-16-25/h6-18,22-23H,5,19-20H2,1-4H3,(H,31,35)/t22-,23+/m1/s1. The van der Waals surface area contributed by atoms with Crippen molar-refractivity contribution in [1.29, 1.82) is 0 Å². The van der Waals surface area contributed by atoms with Crippen LogP contribution in [-0.2, 0) is 26.2 Å². The lowest BCUT2D eigenvalue weighted by molar-refractivity contribution is -0.139. The van der Waals surface area contributed by atoms with Gasteiger partial charge in [-0.15, -0.1) is 0 Å². The first-order valence-electron chi connectivity index (χ1n) is 12.5. The highest BCUT2D eigenvalue weighted by molar-refractivity contribution is 7.92. The van der Waals surface area contributed by atoms with E-state index < -0.39 is 28.5 Å². The first-order chi connectivity index (χ1) is 18.1. The Hall–Kier alpha value is -3.36. The number of amides is 2. The molecule has 0 aliphatic carbocycles. The summed E-state index contributed by atoms with van der Waals surface area (Å²) in [5, 5.41) is 3.12. The summed E-state index contributed by atoms with van der Waals surface area (Å²) in [6.07, 6.45) is 0.736. The summed E-state index contributed by atoms with van der Waals surface area (Å²) in [7, 11) is -4.15. The van der Waals surface area contributed by atoms with Crippen LogP contribution in [0.3, 0.4) is 0 Å². The molecular formula is C29H34ClN3O4S. The highest BCUT2D eigenvalue weighted by Crippen LogP contribution is 2.30. The zero-order valence-corrected chi connectivity index (χ0v) is 23.7. The molecule has 0 saturated heterocycles. The van der Waals surface area contributed by atoms with Gasteiger partial charge in [-0.25, -0.2) is 8.42 Å². The molecule has 0 bridgehead atoms. The topological polar surface area (TPSA) is 86.8 Å². The molecule has 38 heavy (non-hydrogen) atoms. The fourth-order valence-electron chi connectivity index (χ4n) is 3.91. The third-order valence-corrected chi connectivity index (χ3v) is 8.60. The maximum Gasteiger partial charge on any atom is 0.264 e. The van der Waals surface area contributed by atoms with Gasteiger partial charge in [-0.05, 0) is 62.6 Å². The lowest BCUT2D eigenvalue weighted by Crippen LogP contribution is -2.52. The number of hydrogen-bond donors (Lipinski definition) is 1. The molecule has 7 nitrogen and oxygen atoms in total. The number of nitrogens with zero attached hydrogens (tertiary/aromatic N) is 2. The van der Waals surface area contributed by atoms with Crippen LogP contribution in [0.5, 0.6) is 0 Å². The van der Waals surface area contributed by atoms with Crippen LogP contribution in [0.4, 0.5) is 5.69 Å². The van der Waals surface area contributed by atoms with Crippen molar-refractivity contribution in [3.63, 3.8) is 0 Å². The molecule has 3 rings (SSSR count). The van der Waals surface area contributed by atoms with Gasteiger partial charge in [0, 0.05) is 12.6 Å². The van der Waals surface area contributed by atoms with E-state index in [9.17, 15) is 18.0 Å². The molecule has 0 aliphatic rings. The molecular weight excluding hydrogens is 522 g/mol. The second kappa shape index (κ2) is 12.9. The van der Waals surface area contributed by atoms with Gasteiger partial charge in [-0.2, -0.15) is 0 Å². The van der Waals surface area contributed by atoms with Crippen LogP contribution in [0, 0.1) is 6.92 Å². The summed E-state index contributed by atoms with van der Waals surface area (Å²) in [4.78, 5) is 28.5. The summed E-state index contributed by atoms with van der Waals surface area (Å²) >= 11 is 6.42. The Labute approximate surface area is 230 Å². The van der Waals surface area contributed by atoms with Gasteiger partial charge in [-0.3, -0.25) is 13.9 Å². The van der Waals surface area contributed by atoms with Crippen LogP contribution < -0.4 is 9.62 Å². The van der Waals surface area contributed by atoms with E-state index in [-0.39, 0.29) is 34.1 Å². The number of benzene rings is 3. The van der Waals surface area contributed by atoms with Gasteiger partial charge in [0.2, 0.25) is 11.8 Å². The lowest BCUT2D eigenvalue weighted by Gasteiger charge is -2.33. The molecule has 0 heterocycles. The van der Waals surface area contributed by atoms with Crippen molar-refractivity contribution >= 4 is 39.1 Å². The number of para-hydroxylation sites is 1. The molecule has 9 heteroatoms. The van der Waals surface area contributed by atoms with Crippen LogP contribution in [0.2, 0.25) is 5.02 Å². The quantitative estimate of drug-likeness (QED) is 0.353. The number of anilines is 1. The molecule has 2 atom stereocenters. The summed E-state index contributed by atoms with van der Waals surface area (Å²) in [6.45, 7) is 7.04. The SMILES string of the molecule is CC[C@@H](C)NC(=O)[C@H](C)N(Cc1ccccc1C)C(=O)CN(c1ccccc1Cl)S(=O)(=O)c1ccccc1. The largest absolute Gasteiger partial charge is 0.352 e.